The first-order chi connectivity index (χ1) is 22.0. The molecule has 0 aliphatic heterocycles. The summed E-state index contributed by atoms with van der Waals surface area (Å²) in [5.41, 5.74) is 13.1. The van der Waals surface area contributed by atoms with E-state index < -0.39 is 48.1 Å². The maximum atomic E-state index is 14.2. The number of carbonyl (C=O) groups is 5. The monoisotopic (exact) mass is 632 g/mol. The number of aliphatic carboxylic acids is 1. The third-order valence-electron chi connectivity index (χ3n) is 7.03. The van der Waals surface area contributed by atoms with Crippen LogP contribution in [-0.4, -0.2) is 69.2 Å². The summed E-state index contributed by atoms with van der Waals surface area (Å²) in [5.74, 6) is -3.88. The van der Waals surface area contributed by atoms with Crippen LogP contribution in [0, 0.1) is 0 Å². The van der Waals surface area contributed by atoms with E-state index in [2.05, 4.69) is 25.9 Å². The molecule has 2 atom stereocenters. The van der Waals surface area contributed by atoms with E-state index in [1.54, 1.807) is 29.0 Å². The first kappa shape index (κ1) is 35.0. The second-order valence-electron chi connectivity index (χ2n) is 10.8. The number of carboxylic acids is 1. The van der Waals surface area contributed by atoms with Gasteiger partial charge < -0.3 is 37.1 Å². The lowest BCUT2D eigenvalue weighted by atomic mass is 10.0. The second-order valence-corrected chi connectivity index (χ2v) is 10.8. The van der Waals surface area contributed by atoms with Gasteiger partial charge in [-0.3, -0.25) is 33.9 Å². The Morgan fingerprint density at radius 1 is 1.00 bits per heavy atom. The van der Waals surface area contributed by atoms with Crippen molar-refractivity contribution in [1.29, 1.82) is 0 Å². The minimum atomic E-state index is -1.31. The Morgan fingerprint density at radius 2 is 1.70 bits per heavy atom. The van der Waals surface area contributed by atoms with Gasteiger partial charge in [-0.25, -0.2) is 0 Å². The van der Waals surface area contributed by atoms with Crippen LogP contribution in [0.1, 0.15) is 63.0 Å². The molecule has 8 N–H and O–H groups in total. The van der Waals surface area contributed by atoms with Gasteiger partial charge in [0.25, 0.3) is 5.91 Å². The average molecular weight is 633 g/mol. The molecule has 0 aliphatic rings. The van der Waals surface area contributed by atoms with Gasteiger partial charge in [0.2, 0.25) is 17.7 Å². The molecule has 2 heterocycles. The summed E-state index contributed by atoms with van der Waals surface area (Å²) in [6.07, 6.45) is 2.73. The molecule has 14 heteroatoms. The quantitative estimate of drug-likeness (QED) is 0.0779. The summed E-state index contributed by atoms with van der Waals surface area (Å²) in [5, 5.41) is 17.3. The molecule has 0 spiro atoms. The van der Waals surface area contributed by atoms with Gasteiger partial charge in [0.05, 0.1) is 29.0 Å². The van der Waals surface area contributed by atoms with Gasteiger partial charge in [-0.15, -0.1) is 0 Å². The molecule has 3 aromatic rings. The summed E-state index contributed by atoms with van der Waals surface area (Å²) in [6, 6.07) is 11.8. The number of pyridine rings is 1. The van der Waals surface area contributed by atoms with Gasteiger partial charge in [-0.1, -0.05) is 36.4 Å². The Morgan fingerprint density at radius 3 is 2.26 bits per heavy atom. The lowest BCUT2D eigenvalue weighted by molar-refractivity contribution is -0.137. The molecule has 0 radical (unpaired) electrons. The molecule has 2 unspecified atom stereocenters. The van der Waals surface area contributed by atoms with E-state index in [-0.39, 0.29) is 30.3 Å². The van der Waals surface area contributed by atoms with E-state index in [1.807, 2.05) is 44.2 Å². The van der Waals surface area contributed by atoms with Gasteiger partial charge in [0.1, 0.15) is 17.8 Å². The van der Waals surface area contributed by atoms with Crippen LogP contribution < -0.4 is 27.4 Å². The average Bonchev–Trinajstić information content (AvgIpc) is 3.36. The molecule has 14 nitrogen and oxygen atoms in total. The standard InChI is InChI=1S/C32H40N8O6/c1-19(2)40-28(21-10-5-4-6-11-21)26(22-12-7-8-17-36-22)27(29(40)32(46)38-23(30(34)44)14-15-25(42)43)39-31(45)24(37-20(3)41)13-9-16-35-18-33/h4-8,10-12,17-19,23-24H,9,13-16H2,1-3H3,(H2,33,35)(H2,34,44)(H,37,41)(H,38,46)(H,39,45)(H,42,43). The molecule has 244 valence electrons. The summed E-state index contributed by atoms with van der Waals surface area (Å²) < 4.78 is 1.73. The van der Waals surface area contributed by atoms with Crippen molar-refractivity contribution >= 4 is 41.6 Å². The van der Waals surface area contributed by atoms with Crippen LogP contribution >= 0.6 is 0 Å². The van der Waals surface area contributed by atoms with E-state index in [0.29, 0.717) is 35.5 Å². The molecular weight excluding hydrogens is 592 g/mol. The number of aromatic nitrogens is 2. The van der Waals surface area contributed by atoms with Gasteiger partial charge >= 0.3 is 5.97 Å². The fourth-order valence-corrected chi connectivity index (χ4v) is 5.06. The van der Waals surface area contributed by atoms with E-state index >= 15 is 0 Å². The number of amides is 4. The Balaban J connectivity index is 2.30. The maximum Gasteiger partial charge on any atom is 0.303 e. The molecule has 0 fully saturated rings. The van der Waals surface area contributed by atoms with E-state index in [1.165, 1.54) is 6.92 Å². The number of benzene rings is 1. The van der Waals surface area contributed by atoms with Crippen molar-refractivity contribution in [2.75, 3.05) is 11.9 Å². The molecule has 2 aromatic heterocycles. The molecule has 0 aliphatic carbocycles. The van der Waals surface area contributed by atoms with Crippen molar-refractivity contribution in [3.8, 4) is 22.5 Å². The van der Waals surface area contributed by atoms with Crippen molar-refractivity contribution in [2.45, 2.75) is 64.6 Å². The van der Waals surface area contributed by atoms with Crippen LogP contribution in [0.4, 0.5) is 5.69 Å². The van der Waals surface area contributed by atoms with Gasteiger partial charge in [0.15, 0.2) is 0 Å². The summed E-state index contributed by atoms with van der Waals surface area (Å²) in [4.78, 5) is 72.2. The summed E-state index contributed by atoms with van der Waals surface area (Å²) in [6.45, 7) is 5.33. The number of carboxylic acid groups (broad SMARTS) is 1. The third kappa shape index (κ3) is 9.00. The number of nitrogens with two attached hydrogens (primary N) is 2. The Hall–Kier alpha value is -5.53. The molecule has 0 saturated carbocycles. The number of aliphatic imine (C=N–C) groups is 1. The van der Waals surface area contributed by atoms with Crippen molar-refractivity contribution < 1.29 is 29.1 Å². The van der Waals surface area contributed by atoms with Crippen LogP contribution in [0.25, 0.3) is 22.5 Å². The fourth-order valence-electron chi connectivity index (χ4n) is 5.06. The van der Waals surface area contributed by atoms with Crippen molar-refractivity contribution in [2.24, 2.45) is 16.5 Å². The highest BCUT2D eigenvalue weighted by Gasteiger charge is 2.34. The lowest BCUT2D eigenvalue weighted by Crippen LogP contribution is -2.46. The molecule has 0 saturated heterocycles. The first-order valence-corrected chi connectivity index (χ1v) is 14.8. The first-order valence-electron chi connectivity index (χ1n) is 14.8. The van der Waals surface area contributed by atoms with Crippen LogP contribution in [-0.2, 0) is 19.2 Å². The zero-order valence-electron chi connectivity index (χ0n) is 26.0. The Kier molecular flexibility index (Phi) is 12.6. The van der Waals surface area contributed by atoms with Crippen molar-refractivity contribution in [3.63, 3.8) is 0 Å². The largest absolute Gasteiger partial charge is 0.481 e. The van der Waals surface area contributed by atoms with Crippen LogP contribution in [0.15, 0.2) is 59.7 Å². The predicted octanol–water partition coefficient (Wildman–Crippen LogP) is 2.46. The molecular formula is C32H40N8O6. The van der Waals surface area contributed by atoms with Gasteiger partial charge in [-0.2, -0.15) is 0 Å². The molecule has 1 aromatic carbocycles. The zero-order chi connectivity index (χ0) is 33.8. The number of anilines is 1. The van der Waals surface area contributed by atoms with Crippen LogP contribution in [0.2, 0.25) is 0 Å². The minimum Gasteiger partial charge on any atom is -0.481 e. The highest BCUT2D eigenvalue weighted by molar-refractivity contribution is 6.12. The molecule has 4 amide bonds. The Labute approximate surface area is 266 Å². The van der Waals surface area contributed by atoms with Gasteiger partial charge in [-0.05, 0) is 50.8 Å². The van der Waals surface area contributed by atoms with Gasteiger partial charge in [0, 0.05) is 32.1 Å². The normalized spacial score (nSPS) is 12.4. The van der Waals surface area contributed by atoms with Crippen LogP contribution in [0.5, 0.6) is 0 Å². The molecule has 0 bridgehead atoms. The SMILES string of the molecule is CC(=O)NC(CCCN=CN)C(=O)Nc1c(-c2ccccn2)c(-c2ccccc2)n(C(C)C)c1C(=O)NC(CCC(=O)O)C(N)=O. The number of rotatable bonds is 16. The number of hydrogen-bond donors (Lipinski definition) is 6. The van der Waals surface area contributed by atoms with Crippen LogP contribution in [0.3, 0.4) is 0 Å². The zero-order valence-corrected chi connectivity index (χ0v) is 26.0. The minimum absolute atomic E-state index is 0.0151. The third-order valence-corrected chi connectivity index (χ3v) is 7.03. The molecule has 46 heavy (non-hydrogen) atoms. The van der Waals surface area contributed by atoms with E-state index in [9.17, 15) is 29.1 Å². The van der Waals surface area contributed by atoms with Crippen molar-refractivity contribution in [3.05, 3.63) is 60.4 Å². The highest BCUT2D eigenvalue weighted by Crippen LogP contribution is 2.44. The number of primary amides is 1. The topological polar surface area (TPSA) is 224 Å². The summed E-state index contributed by atoms with van der Waals surface area (Å²) in [7, 11) is 0. The number of nitrogens with zero attached hydrogens (tertiary/aromatic N) is 3. The smallest absolute Gasteiger partial charge is 0.303 e. The van der Waals surface area contributed by atoms with E-state index in [0.717, 1.165) is 6.34 Å². The number of nitrogens with one attached hydrogen (secondary N) is 3. The predicted molar refractivity (Wildman–Crippen MR) is 174 cm³/mol. The van der Waals surface area contributed by atoms with E-state index in [4.69, 9.17) is 11.5 Å². The number of carbonyl (C=O) groups excluding carboxylic acids is 4. The fraction of sp³-hybridized carbons (Fsp3) is 0.344. The lowest BCUT2D eigenvalue weighted by Gasteiger charge is -2.21. The summed E-state index contributed by atoms with van der Waals surface area (Å²) >= 11 is 0. The van der Waals surface area contributed by atoms with Crippen molar-refractivity contribution in [1.82, 2.24) is 20.2 Å². The molecule has 3 rings (SSSR count). The maximum absolute atomic E-state index is 14.2. The number of hydrogen-bond acceptors (Lipinski definition) is 7. The highest BCUT2D eigenvalue weighted by atomic mass is 16.4. The Bertz CT molecular complexity index is 1570. The second kappa shape index (κ2) is 16.5.